The number of nitrogens with zero attached hydrogens (tertiary/aromatic N) is 3. The largest absolute Gasteiger partial charge is 0.489 e. The van der Waals surface area contributed by atoms with E-state index in [1.165, 1.54) is 11.3 Å². The van der Waals surface area contributed by atoms with Crippen LogP contribution in [0.2, 0.25) is 0 Å². The normalized spacial score (nSPS) is 14.2. The van der Waals surface area contributed by atoms with Gasteiger partial charge in [0.05, 0.1) is 16.8 Å². The van der Waals surface area contributed by atoms with Crippen LogP contribution >= 0.6 is 11.3 Å². The lowest BCUT2D eigenvalue weighted by atomic mass is 10.1. The molecule has 0 saturated carbocycles. The van der Waals surface area contributed by atoms with Gasteiger partial charge in [0.2, 0.25) is 5.95 Å². The van der Waals surface area contributed by atoms with E-state index in [2.05, 4.69) is 10.2 Å². The van der Waals surface area contributed by atoms with Gasteiger partial charge < -0.3 is 31.2 Å². The van der Waals surface area contributed by atoms with Crippen LogP contribution in [0.4, 0.5) is 16.4 Å². The maximum atomic E-state index is 12.2. The molecule has 4 aromatic rings. The Kier molecular flexibility index (Phi) is 7.98. The number of benzene rings is 2. The van der Waals surface area contributed by atoms with E-state index in [0.29, 0.717) is 54.4 Å². The Balaban J connectivity index is 1.38. The molecule has 10 nitrogen and oxygen atoms in total. The summed E-state index contributed by atoms with van der Waals surface area (Å²) in [5, 5.41) is 3.56. The average Bonchev–Trinajstić information content (AvgIpc) is 3.28. The first-order valence-electron chi connectivity index (χ1n) is 13.5. The van der Waals surface area contributed by atoms with Crippen LogP contribution in [0, 0.1) is 0 Å². The maximum absolute atomic E-state index is 12.2. The van der Waals surface area contributed by atoms with E-state index in [-0.39, 0.29) is 16.6 Å². The minimum absolute atomic E-state index is 0.00780. The topological polar surface area (TPSA) is 146 Å². The van der Waals surface area contributed by atoms with Crippen molar-refractivity contribution in [1.82, 2.24) is 15.3 Å². The third-order valence-electron chi connectivity index (χ3n) is 6.68. The van der Waals surface area contributed by atoms with E-state index in [1.807, 2.05) is 75.4 Å². The standard InChI is InChI=1S/C30H34N6O4S/c1-30(2,3)40-29(38)33-20-13-15-36(16-14-20)28-34-24(22-23(31)25(26(32)37)41-27(22)35-28)19-9-11-21(12-10-19)39-17-18-7-5-4-6-8-18/h4-12,20H,13-17,31H2,1-3H3,(H2,32,37)(H,33,38). The highest BCUT2D eigenvalue weighted by Crippen LogP contribution is 2.40. The summed E-state index contributed by atoms with van der Waals surface area (Å²) in [7, 11) is 0. The molecule has 1 aliphatic heterocycles. The van der Waals surface area contributed by atoms with Crippen molar-refractivity contribution in [2.45, 2.75) is 51.9 Å². The van der Waals surface area contributed by atoms with Crippen LogP contribution in [0.15, 0.2) is 54.6 Å². The number of carbonyl (C=O) groups excluding carboxylic acids is 2. The third-order valence-corrected chi connectivity index (χ3v) is 7.79. The fourth-order valence-corrected chi connectivity index (χ4v) is 5.63. The molecule has 0 bridgehead atoms. The number of thiophene rings is 1. The number of nitrogen functional groups attached to an aromatic ring is 1. The van der Waals surface area contributed by atoms with Crippen molar-refractivity contribution < 1.29 is 19.1 Å². The molecule has 1 saturated heterocycles. The molecule has 2 amide bonds. The average molecular weight is 575 g/mol. The molecular formula is C30H34N6O4S. The number of amides is 2. The number of piperidine rings is 1. The summed E-state index contributed by atoms with van der Waals surface area (Å²) in [5.74, 6) is 0.653. The van der Waals surface area contributed by atoms with Crippen LogP contribution in [0.3, 0.4) is 0 Å². The first-order valence-corrected chi connectivity index (χ1v) is 14.3. The lowest BCUT2D eigenvalue weighted by Gasteiger charge is -2.33. The van der Waals surface area contributed by atoms with Crippen LogP contribution in [0.25, 0.3) is 21.5 Å². The molecule has 11 heteroatoms. The molecule has 1 aliphatic rings. The van der Waals surface area contributed by atoms with Gasteiger partial charge in [-0.3, -0.25) is 4.79 Å². The number of aromatic nitrogens is 2. The number of hydrogen-bond donors (Lipinski definition) is 3. The summed E-state index contributed by atoms with van der Waals surface area (Å²) in [6.45, 7) is 7.26. The van der Waals surface area contributed by atoms with Gasteiger partial charge in [-0.25, -0.2) is 14.8 Å². The Morgan fingerprint density at radius 3 is 2.37 bits per heavy atom. The van der Waals surface area contributed by atoms with Gasteiger partial charge in [-0.1, -0.05) is 30.3 Å². The quantitative estimate of drug-likeness (QED) is 0.276. The first kappa shape index (κ1) is 28.2. The van der Waals surface area contributed by atoms with Gasteiger partial charge in [0, 0.05) is 24.7 Å². The molecule has 214 valence electrons. The minimum Gasteiger partial charge on any atom is -0.489 e. The van der Waals surface area contributed by atoms with Gasteiger partial charge in [0.1, 0.15) is 27.7 Å². The van der Waals surface area contributed by atoms with Crippen LogP contribution < -0.4 is 26.4 Å². The van der Waals surface area contributed by atoms with Crippen molar-refractivity contribution >= 4 is 45.2 Å². The van der Waals surface area contributed by atoms with Crippen molar-refractivity contribution in [3.8, 4) is 17.0 Å². The molecule has 0 radical (unpaired) electrons. The van der Waals surface area contributed by atoms with E-state index >= 15 is 0 Å². The van der Waals surface area contributed by atoms with Gasteiger partial charge in [-0.2, -0.15) is 0 Å². The van der Waals surface area contributed by atoms with Crippen molar-refractivity contribution in [1.29, 1.82) is 0 Å². The molecule has 5 N–H and O–H groups in total. The van der Waals surface area contributed by atoms with Gasteiger partial charge in [0.25, 0.3) is 5.91 Å². The molecule has 3 heterocycles. The second-order valence-corrected chi connectivity index (χ2v) is 12.0. The van der Waals surface area contributed by atoms with E-state index in [9.17, 15) is 9.59 Å². The van der Waals surface area contributed by atoms with Gasteiger partial charge in [-0.15, -0.1) is 11.3 Å². The predicted molar refractivity (Wildman–Crippen MR) is 161 cm³/mol. The number of carbonyl (C=O) groups is 2. The molecule has 1 fully saturated rings. The highest BCUT2D eigenvalue weighted by Gasteiger charge is 2.27. The Hall–Kier alpha value is -4.38. The molecule has 2 aromatic heterocycles. The third kappa shape index (κ3) is 6.68. The zero-order chi connectivity index (χ0) is 29.1. The molecule has 0 unspecified atom stereocenters. The summed E-state index contributed by atoms with van der Waals surface area (Å²) in [6.07, 6.45) is 1.01. The lowest BCUT2D eigenvalue weighted by molar-refractivity contribution is 0.0497. The number of nitrogens with one attached hydrogen (secondary N) is 1. The highest BCUT2D eigenvalue weighted by atomic mass is 32.1. The van der Waals surface area contributed by atoms with Crippen LogP contribution in [-0.4, -0.2) is 46.7 Å². The lowest BCUT2D eigenvalue weighted by Crippen LogP contribution is -2.46. The summed E-state index contributed by atoms with van der Waals surface area (Å²) < 4.78 is 11.3. The number of primary amides is 1. The van der Waals surface area contributed by atoms with Gasteiger partial charge >= 0.3 is 6.09 Å². The van der Waals surface area contributed by atoms with E-state index in [4.69, 9.17) is 30.9 Å². The predicted octanol–water partition coefficient (Wildman–Crippen LogP) is 5.11. The molecular weight excluding hydrogens is 540 g/mol. The van der Waals surface area contributed by atoms with Gasteiger partial charge in [-0.05, 0) is 63.4 Å². The molecule has 0 atom stereocenters. The zero-order valence-corrected chi connectivity index (χ0v) is 24.2. The Labute approximate surface area is 242 Å². The van der Waals surface area contributed by atoms with Crippen molar-refractivity contribution in [2.75, 3.05) is 23.7 Å². The summed E-state index contributed by atoms with van der Waals surface area (Å²) in [5.41, 5.74) is 14.2. The number of rotatable bonds is 7. The van der Waals surface area contributed by atoms with Crippen LogP contribution in [-0.2, 0) is 11.3 Å². The number of ether oxygens (including phenoxy) is 2. The Bertz CT molecular complexity index is 1540. The second kappa shape index (κ2) is 11.6. The van der Waals surface area contributed by atoms with Crippen molar-refractivity contribution in [3.63, 3.8) is 0 Å². The second-order valence-electron chi connectivity index (χ2n) is 11.0. The number of nitrogens with two attached hydrogens (primary N) is 2. The Morgan fingerprint density at radius 2 is 1.73 bits per heavy atom. The number of hydrogen-bond acceptors (Lipinski definition) is 9. The number of fused-ring (bicyclic) bond motifs is 1. The van der Waals surface area contributed by atoms with Crippen LogP contribution in [0.5, 0.6) is 5.75 Å². The summed E-state index contributed by atoms with van der Waals surface area (Å²) >= 11 is 1.17. The smallest absolute Gasteiger partial charge is 0.407 e. The Morgan fingerprint density at radius 1 is 1.05 bits per heavy atom. The fourth-order valence-electron chi connectivity index (χ4n) is 4.69. The molecule has 2 aromatic carbocycles. The highest BCUT2D eigenvalue weighted by molar-refractivity contribution is 7.21. The molecule has 0 spiro atoms. The fraction of sp³-hybridized carbons (Fsp3) is 0.333. The first-order chi connectivity index (χ1) is 19.6. The summed E-state index contributed by atoms with van der Waals surface area (Å²) in [6, 6.07) is 17.6. The maximum Gasteiger partial charge on any atom is 0.407 e. The number of anilines is 2. The summed E-state index contributed by atoms with van der Waals surface area (Å²) in [4.78, 5) is 37.0. The zero-order valence-electron chi connectivity index (χ0n) is 23.3. The molecule has 41 heavy (non-hydrogen) atoms. The monoisotopic (exact) mass is 574 g/mol. The van der Waals surface area contributed by atoms with E-state index in [0.717, 1.165) is 16.9 Å². The minimum atomic E-state index is -0.600. The molecule has 5 rings (SSSR count). The van der Waals surface area contributed by atoms with E-state index < -0.39 is 17.6 Å². The van der Waals surface area contributed by atoms with Crippen molar-refractivity contribution in [3.05, 3.63) is 65.0 Å². The number of alkyl carbamates (subject to hydrolysis) is 1. The SMILES string of the molecule is CC(C)(C)OC(=O)NC1CCN(c2nc(-c3ccc(OCc4ccccc4)cc3)c3c(N)c(C(N)=O)sc3n2)CC1. The van der Waals surface area contributed by atoms with Crippen molar-refractivity contribution in [2.24, 2.45) is 5.73 Å². The van der Waals surface area contributed by atoms with Crippen LogP contribution in [0.1, 0.15) is 48.8 Å². The van der Waals surface area contributed by atoms with E-state index in [1.54, 1.807) is 0 Å². The molecule has 0 aliphatic carbocycles. The van der Waals surface area contributed by atoms with Gasteiger partial charge in [0.15, 0.2) is 0 Å².